The Bertz CT molecular complexity index is 1630. The summed E-state index contributed by atoms with van der Waals surface area (Å²) in [7, 11) is -4.39. The van der Waals surface area contributed by atoms with Crippen LogP contribution in [0.2, 0.25) is 5.02 Å². The number of carboxylic acid groups (broad SMARTS) is 1. The highest BCUT2D eigenvalue weighted by atomic mass is 35.5. The highest BCUT2D eigenvalue weighted by Gasteiger charge is 2.21. The normalized spacial score (nSPS) is 10.8. The van der Waals surface area contributed by atoms with E-state index in [4.69, 9.17) is 42.5 Å². The summed E-state index contributed by atoms with van der Waals surface area (Å²) in [5, 5.41) is 27.6. The van der Waals surface area contributed by atoms with Crippen LogP contribution in [0.15, 0.2) is 54.6 Å². The van der Waals surface area contributed by atoms with Gasteiger partial charge in [0.2, 0.25) is 0 Å². The summed E-state index contributed by atoms with van der Waals surface area (Å²) in [6.07, 6.45) is 0. The largest absolute Gasteiger partial charge is 0.490 e. The molecule has 14 nitrogen and oxygen atoms in total. The van der Waals surface area contributed by atoms with Crippen molar-refractivity contribution in [2.24, 2.45) is 10.9 Å². The van der Waals surface area contributed by atoms with E-state index < -0.39 is 34.6 Å². The Labute approximate surface area is 245 Å². The second kappa shape index (κ2) is 13.7. The number of nitrogens with one attached hydrogen (secondary N) is 4. The molecular formula is C26H27ClN6O8S. The molecule has 0 unspecified atom stereocenters. The van der Waals surface area contributed by atoms with E-state index in [9.17, 15) is 22.8 Å². The lowest BCUT2D eigenvalue weighted by Crippen LogP contribution is -2.36. The van der Waals surface area contributed by atoms with E-state index in [1.807, 2.05) is 0 Å². The molecule has 42 heavy (non-hydrogen) atoms. The van der Waals surface area contributed by atoms with Crippen molar-refractivity contribution in [3.05, 3.63) is 81.9 Å². The van der Waals surface area contributed by atoms with Crippen LogP contribution in [0, 0.1) is 5.41 Å². The van der Waals surface area contributed by atoms with E-state index >= 15 is 0 Å². The van der Waals surface area contributed by atoms with Gasteiger partial charge in [0.05, 0.1) is 12.2 Å². The van der Waals surface area contributed by atoms with Crippen LogP contribution < -0.4 is 35.7 Å². The first kappa shape index (κ1) is 31.7. The van der Waals surface area contributed by atoms with Crippen molar-refractivity contribution >= 4 is 56.8 Å². The van der Waals surface area contributed by atoms with Gasteiger partial charge in [-0.3, -0.25) is 15.0 Å². The number of aliphatic carboxylic acids is 1. The SMILES string of the molecule is CCOc1cc(C(=O)NS(N)(=O)=O)cc(CNc2ccc(Cl)cc2C(=O)Nc2ccc(C(=N)N)cc2)c1OCC(=O)O. The van der Waals surface area contributed by atoms with Crippen LogP contribution in [0.4, 0.5) is 11.4 Å². The quantitative estimate of drug-likeness (QED) is 0.109. The number of halogens is 1. The first-order valence-electron chi connectivity index (χ1n) is 12.1. The zero-order valence-corrected chi connectivity index (χ0v) is 23.6. The molecule has 0 bridgehead atoms. The zero-order chi connectivity index (χ0) is 31.0. The molecule has 0 aliphatic rings. The van der Waals surface area contributed by atoms with E-state index in [-0.39, 0.29) is 52.2 Å². The molecule has 3 aromatic rings. The molecule has 0 saturated carbocycles. The molecule has 3 aromatic carbocycles. The fourth-order valence-corrected chi connectivity index (χ4v) is 4.20. The number of hydrogen-bond acceptors (Lipinski definition) is 9. The highest BCUT2D eigenvalue weighted by Crippen LogP contribution is 2.34. The Hall–Kier alpha value is -4.86. The summed E-state index contributed by atoms with van der Waals surface area (Å²) in [4.78, 5) is 37.0. The van der Waals surface area contributed by atoms with Crippen molar-refractivity contribution in [1.29, 1.82) is 5.41 Å². The van der Waals surface area contributed by atoms with E-state index in [0.717, 1.165) is 0 Å². The second-order valence-electron chi connectivity index (χ2n) is 8.54. The maximum atomic E-state index is 13.2. The summed E-state index contributed by atoms with van der Waals surface area (Å²) < 4.78 is 35.5. The number of nitrogen functional groups attached to an aromatic ring is 1. The molecule has 9 N–H and O–H groups in total. The summed E-state index contributed by atoms with van der Waals surface area (Å²) in [5.41, 5.74) is 6.84. The summed E-state index contributed by atoms with van der Waals surface area (Å²) in [5.74, 6) is -3.05. The number of carboxylic acids is 1. The number of benzene rings is 3. The van der Waals surface area contributed by atoms with Crippen LogP contribution in [-0.2, 0) is 21.5 Å². The lowest BCUT2D eigenvalue weighted by atomic mass is 10.1. The summed E-state index contributed by atoms with van der Waals surface area (Å²) >= 11 is 6.16. The third-order valence-corrected chi connectivity index (χ3v) is 6.12. The average molecular weight is 619 g/mol. The van der Waals surface area contributed by atoms with Crippen molar-refractivity contribution in [1.82, 2.24) is 4.72 Å². The minimum Gasteiger partial charge on any atom is -0.490 e. The number of ether oxygens (including phenoxy) is 2. The summed E-state index contributed by atoms with van der Waals surface area (Å²) in [6, 6.07) is 13.2. The van der Waals surface area contributed by atoms with Gasteiger partial charge in [-0.2, -0.15) is 8.42 Å². The van der Waals surface area contributed by atoms with Crippen molar-refractivity contribution in [3.63, 3.8) is 0 Å². The number of carbonyl (C=O) groups is 3. The molecule has 0 aliphatic heterocycles. The minimum absolute atomic E-state index is 0.0237. The Balaban J connectivity index is 1.97. The number of amides is 2. The third-order valence-electron chi connectivity index (χ3n) is 5.42. The standard InChI is InChI=1S/C26H27ClN6O8S/c1-2-40-21-10-15(25(36)33-42(30,38)39)9-16(23(21)41-13-22(34)35)12-31-20-8-5-17(27)11-19(20)26(37)32-18-6-3-14(4-7-18)24(28)29/h3-11,31H,2,12-13H2,1H3,(H3,28,29)(H,32,37)(H,33,36)(H,34,35)(H2,30,38,39). The topological polar surface area (TPSA) is 236 Å². The van der Waals surface area contributed by atoms with Gasteiger partial charge < -0.3 is 30.9 Å². The molecule has 3 rings (SSSR count). The molecule has 0 aliphatic carbocycles. The number of hydrogen-bond donors (Lipinski definition) is 7. The predicted octanol–water partition coefficient (Wildman–Crippen LogP) is 2.28. The van der Waals surface area contributed by atoms with Crippen molar-refractivity contribution < 1.29 is 37.4 Å². The molecule has 2 amide bonds. The van der Waals surface area contributed by atoms with Crippen LogP contribution in [0.5, 0.6) is 11.5 Å². The lowest BCUT2D eigenvalue weighted by molar-refractivity contribution is -0.139. The molecule has 0 fully saturated rings. The number of anilines is 2. The zero-order valence-electron chi connectivity index (χ0n) is 22.1. The molecule has 0 radical (unpaired) electrons. The van der Waals surface area contributed by atoms with Crippen molar-refractivity contribution in [2.75, 3.05) is 23.8 Å². The van der Waals surface area contributed by atoms with Gasteiger partial charge in [0.15, 0.2) is 18.1 Å². The summed E-state index contributed by atoms with van der Waals surface area (Å²) in [6.45, 7) is 0.862. The van der Waals surface area contributed by atoms with E-state index in [0.29, 0.717) is 16.9 Å². The molecule has 0 heterocycles. The van der Waals surface area contributed by atoms with Gasteiger partial charge in [-0.15, -0.1) is 0 Å². The Morgan fingerprint density at radius 2 is 1.69 bits per heavy atom. The molecular weight excluding hydrogens is 592 g/mol. The van der Waals surface area contributed by atoms with Crippen LogP contribution in [0.25, 0.3) is 0 Å². The van der Waals surface area contributed by atoms with Crippen LogP contribution in [0.3, 0.4) is 0 Å². The fourth-order valence-electron chi connectivity index (χ4n) is 3.65. The lowest BCUT2D eigenvalue weighted by Gasteiger charge is -2.19. The van der Waals surface area contributed by atoms with Crippen LogP contribution in [-0.4, -0.2) is 50.4 Å². The fraction of sp³-hybridized carbons (Fsp3) is 0.154. The van der Waals surface area contributed by atoms with Gasteiger partial charge in [-0.05, 0) is 61.5 Å². The van der Waals surface area contributed by atoms with Gasteiger partial charge in [-0.25, -0.2) is 14.7 Å². The van der Waals surface area contributed by atoms with Gasteiger partial charge in [-0.1, -0.05) is 11.6 Å². The molecule has 0 aromatic heterocycles. The number of amidine groups is 1. The van der Waals surface area contributed by atoms with Gasteiger partial charge in [0.25, 0.3) is 22.0 Å². The Morgan fingerprint density at radius 1 is 1.00 bits per heavy atom. The first-order chi connectivity index (χ1) is 19.8. The monoisotopic (exact) mass is 618 g/mol. The first-order valence-corrected chi connectivity index (χ1v) is 14.0. The second-order valence-corrected chi connectivity index (χ2v) is 10.3. The highest BCUT2D eigenvalue weighted by molar-refractivity contribution is 7.87. The van der Waals surface area contributed by atoms with Crippen LogP contribution in [0.1, 0.15) is 38.8 Å². The van der Waals surface area contributed by atoms with Crippen molar-refractivity contribution in [2.45, 2.75) is 13.5 Å². The maximum Gasteiger partial charge on any atom is 0.341 e. The van der Waals surface area contributed by atoms with Gasteiger partial charge in [0.1, 0.15) is 5.84 Å². The van der Waals surface area contributed by atoms with Gasteiger partial charge >= 0.3 is 5.97 Å². The number of carbonyl (C=O) groups excluding carboxylic acids is 2. The van der Waals surface area contributed by atoms with E-state index in [1.54, 1.807) is 35.9 Å². The van der Waals surface area contributed by atoms with Gasteiger partial charge in [0, 0.05) is 39.6 Å². The van der Waals surface area contributed by atoms with E-state index in [1.165, 1.54) is 30.3 Å². The van der Waals surface area contributed by atoms with Crippen LogP contribution >= 0.6 is 11.6 Å². The Kier molecular flexibility index (Phi) is 10.3. The predicted molar refractivity (Wildman–Crippen MR) is 156 cm³/mol. The molecule has 0 atom stereocenters. The smallest absolute Gasteiger partial charge is 0.341 e. The number of rotatable bonds is 13. The molecule has 0 saturated heterocycles. The van der Waals surface area contributed by atoms with Crippen molar-refractivity contribution in [3.8, 4) is 11.5 Å². The maximum absolute atomic E-state index is 13.2. The third kappa shape index (κ3) is 8.82. The Morgan fingerprint density at radius 3 is 2.29 bits per heavy atom. The minimum atomic E-state index is -4.39. The van der Waals surface area contributed by atoms with E-state index in [2.05, 4.69) is 10.6 Å². The molecule has 0 spiro atoms. The number of nitrogens with two attached hydrogens (primary N) is 2. The molecule has 222 valence electrons. The average Bonchev–Trinajstić information content (AvgIpc) is 2.90. The molecule has 16 heteroatoms.